The van der Waals surface area contributed by atoms with Crippen LogP contribution in [0.25, 0.3) is 0 Å². The van der Waals surface area contributed by atoms with Gasteiger partial charge in [0.1, 0.15) is 0 Å². The molecule has 0 spiro atoms. The van der Waals surface area contributed by atoms with Crippen molar-refractivity contribution in [2.75, 3.05) is 13.2 Å². The smallest absolute Gasteiger partial charge is 0.384 e. The summed E-state index contributed by atoms with van der Waals surface area (Å²) < 4.78 is 4.62. The molecule has 1 aliphatic rings. The molecule has 1 heterocycles. The molecule has 0 aliphatic carbocycles. The first-order valence-corrected chi connectivity index (χ1v) is 3.74. The second-order valence-electron chi connectivity index (χ2n) is 2.29. The van der Waals surface area contributed by atoms with Gasteiger partial charge in [0.2, 0.25) is 0 Å². The molecule has 0 aromatic rings. The quantitative estimate of drug-likeness (QED) is 0.325. The van der Waals surface area contributed by atoms with Crippen LogP contribution in [0.2, 0.25) is 0 Å². The third-order valence-electron chi connectivity index (χ3n) is 1.45. The maximum atomic E-state index is 10.7. The van der Waals surface area contributed by atoms with E-state index in [0.29, 0.717) is 6.61 Å². The standard InChI is InChI=1S/C8H11NO2/c1-2-11-8(10)4-3-7-5-6-9-7/h7,9H,2,5-6H2,1H3. The molecular weight excluding hydrogens is 142 g/mol. The van der Waals surface area contributed by atoms with Crippen LogP contribution < -0.4 is 5.32 Å². The first kappa shape index (κ1) is 8.09. The number of hydrogen-bond acceptors (Lipinski definition) is 3. The van der Waals surface area contributed by atoms with Crippen molar-refractivity contribution in [1.82, 2.24) is 5.32 Å². The van der Waals surface area contributed by atoms with Crippen molar-refractivity contribution in [2.45, 2.75) is 19.4 Å². The highest BCUT2D eigenvalue weighted by molar-refractivity contribution is 5.88. The van der Waals surface area contributed by atoms with Gasteiger partial charge in [-0.05, 0) is 19.9 Å². The van der Waals surface area contributed by atoms with Gasteiger partial charge in [0.05, 0.1) is 12.6 Å². The van der Waals surface area contributed by atoms with Crippen LogP contribution in [0.1, 0.15) is 13.3 Å². The summed E-state index contributed by atoms with van der Waals surface area (Å²) in [7, 11) is 0. The first-order valence-electron chi connectivity index (χ1n) is 3.74. The third kappa shape index (κ3) is 2.60. The monoisotopic (exact) mass is 153 g/mol. The predicted molar refractivity (Wildman–Crippen MR) is 40.8 cm³/mol. The Morgan fingerprint density at radius 3 is 3.00 bits per heavy atom. The van der Waals surface area contributed by atoms with Crippen molar-refractivity contribution >= 4 is 5.97 Å². The van der Waals surface area contributed by atoms with Gasteiger partial charge in [-0.25, -0.2) is 4.79 Å². The van der Waals surface area contributed by atoms with Crippen LogP contribution in [0.3, 0.4) is 0 Å². The van der Waals surface area contributed by atoms with Crippen LogP contribution in [0, 0.1) is 11.8 Å². The van der Waals surface area contributed by atoms with E-state index < -0.39 is 5.97 Å². The maximum absolute atomic E-state index is 10.7. The number of nitrogens with one attached hydrogen (secondary N) is 1. The number of hydrogen-bond donors (Lipinski definition) is 1. The van der Waals surface area contributed by atoms with E-state index in [2.05, 4.69) is 21.9 Å². The van der Waals surface area contributed by atoms with E-state index in [1.165, 1.54) is 0 Å². The summed E-state index contributed by atoms with van der Waals surface area (Å²) in [6, 6.07) is 0.208. The lowest BCUT2D eigenvalue weighted by Gasteiger charge is -2.21. The van der Waals surface area contributed by atoms with Gasteiger partial charge in [0.15, 0.2) is 0 Å². The zero-order valence-corrected chi connectivity index (χ0v) is 6.52. The van der Waals surface area contributed by atoms with Crippen LogP contribution >= 0.6 is 0 Å². The zero-order valence-electron chi connectivity index (χ0n) is 6.52. The van der Waals surface area contributed by atoms with Gasteiger partial charge in [-0.1, -0.05) is 5.92 Å². The molecule has 0 aromatic heterocycles. The van der Waals surface area contributed by atoms with Crippen LogP contribution in [-0.2, 0) is 9.53 Å². The van der Waals surface area contributed by atoms with Crippen molar-refractivity contribution in [2.24, 2.45) is 0 Å². The Morgan fingerprint density at radius 1 is 1.82 bits per heavy atom. The fourth-order valence-electron chi connectivity index (χ4n) is 0.725. The SMILES string of the molecule is CCOC(=O)C#CC1CCN1. The van der Waals surface area contributed by atoms with Gasteiger partial charge in [-0.15, -0.1) is 0 Å². The van der Waals surface area contributed by atoms with Crippen LogP contribution in [0.5, 0.6) is 0 Å². The highest BCUT2D eigenvalue weighted by Crippen LogP contribution is 1.98. The highest BCUT2D eigenvalue weighted by atomic mass is 16.5. The van der Waals surface area contributed by atoms with Crippen molar-refractivity contribution in [3.63, 3.8) is 0 Å². The highest BCUT2D eigenvalue weighted by Gasteiger charge is 2.12. The topological polar surface area (TPSA) is 38.3 Å². The van der Waals surface area contributed by atoms with Crippen molar-refractivity contribution in [3.8, 4) is 11.8 Å². The Morgan fingerprint density at radius 2 is 2.55 bits per heavy atom. The molecule has 0 radical (unpaired) electrons. The number of carbonyl (C=O) groups excluding carboxylic acids is 1. The van der Waals surface area contributed by atoms with E-state index in [1.807, 2.05) is 0 Å². The summed E-state index contributed by atoms with van der Waals surface area (Å²) in [5.74, 6) is 4.75. The molecule has 0 aromatic carbocycles. The molecule has 1 rings (SSSR count). The minimum Gasteiger partial charge on any atom is -0.456 e. The largest absolute Gasteiger partial charge is 0.456 e. The molecule has 1 aliphatic heterocycles. The molecular formula is C8H11NO2. The zero-order chi connectivity index (χ0) is 8.10. The van der Waals surface area contributed by atoms with Crippen molar-refractivity contribution < 1.29 is 9.53 Å². The van der Waals surface area contributed by atoms with E-state index in [4.69, 9.17) is 0 Å². The Kier molecular flexibility index (Phi) is 2.94. The number of carbonyl (C=O) groups is 1. The van der Waals surface area contributed by atoms with Gasteiger partial charge < -0.3 is 10.1 Å². The molecule has 3 nitrogen and oxygen atoms in total. The molecule has 0 bridgehead atoms. The van der Waals surface area contributed by atoms with Gasteiger partial charge in [0.25, 0.3) is 0 Å². The van der Waals surface area contributed by atoms with E-state index in [9.17, 15) is 4.79 Å². The second kappa shape index (κ2) is 3.99. The summed E-state index contributed by atoms with van der Waals surface area (Å²) in [5.41, 5.74) is 0. The first-order chi connectivity index (χ1) is 5.33. The molecule has 1 saturated heterocycles. The molecule has 11 heavy (non-hydrogen) atoms. The molecule has 0 saturated carbocycles. The fourth-order valence-corrected chi connectivity index (χ4v) is 0.725. The van der Waals surface area contributed by atoms with Crippen molar-refractivity contribution in [3.05, 3.63) is 0 Å². The third-order valence-corrected chi connectivity index (χ3v) is 1.45. The lowest BCUT2D eigenvalue weighted by molar-refractivity contribution is -0.136. The van der Waals surface area contributed by atoms with Gasteiger partial charge in [0, 0.05) is 5.92 Å². The molecule has 1 unspecified atom stereocenters. The van der Waals surface area contributed by atoms with Crippen LogP contribution in [0.4, 0.5) is 0 Å². The van der Waals surface area contributed by atoms with Crippen LogP contribution in [-0.4, -0.2) is 25.2 Å². The second-order valence-corrected chi connectivity index (χ2v) is 2.29. The molecule has 1 fully saturated rings. The Bertz CT molecular complexity index is 198. The van der Waals surface area contributed by atoms with Gasteiger partial charge in [-0.3, -0.25) is 0 Å². The number of esters is 1. The number of ether oxygens (including phenoxy) is 1. The lowest BCUT2D eigenvalue weighted by atomic mass is 10.1. The average Bonchev–Trinajstić information content (AvgIpc) is 1.85. The Labute approximate surface area is 66.1 Å². The number of rotatable bonds is 1. The minimum atomic E-state index is -0.429. The predicted octanol–water partition coefficient (Wildman–Crippen LogP) is -0.0852. The summed E-state index contributed by atoms with van der Waals surface area (Å²) >= 11 is 0. The van der Waals surface area contributed by atoms with Gasteiger partial charge in [-0.2, -0.15) is 0 Å². The molecule has 60 valence electrons. The lowest BCUT2D eigenvalue weighted by Crippen LogP contribution is -2.41. The summed E-state index contributed by atoms with van der Waals surface area (Å²) in [5, 5.41) is 3.06. The average molecular weight is 153 g/mol. The fraction of sp³-hybridized carbons (Fsp3) is 0.625. The minimum absolute atomic E-state index is 0.208. The van der Waals surface area contributed by atoms with Gasteiger partial charge >= 0.3 is 5.97 Å². The maximum Gasteiger partial charge on any atom is 0.384 e. The Hall–Kier alpha value is -1.01. The Balaban J connectivity index is 2.24. The van der Waals surface area contributed by atoms with E-state index in [1.54, 1.807) is 6.92 Å². The van der Waals surface area contributed by atoms with Crippen LogP contribution in [0.15, 0.2) is 0 Å². The normalized spacial score (nSPS) is 21.0. The molecule has 1 N–H and O–H groups in total. The van der Waals surface area contributed by atoms with Crippen molar-refractivity contribution in [1.29, 1.82) is 0 Å². The van der Waals surface area contributed by atoms with E-state index in [0.717, 1.165) is 13.0 Å². The summed E-state index contributed by atoms with van der Waals surface area (Å²) in [6.45, 7) is 3.16. The molecule has 1 atom stereocenters. The molecule has 0 amide bonds. The molecule has 3 heteroatoms. The van der Waals surface area contributed by atoms with E-state index in [-0.39, 0.29) is 6.04 Å². The summed E-state index contributed by atoms with van der Waals surface area (Å²) in [4.78, 5) is 10.7. The summed E-state index contributed by atoms with van der Waals surface area (Å²) in [6.07, 6.45) is 1.03. The van der Waals surface area contributed by atoms with E-state index >= 15 is 0 Å².